The number of nitrogens with two attached hydrogens (primary N) is 1. The summed E-state index contributed by atoms with van der Waals surface area (Å²) in [4.78, 5) is 0. The quantitative estimate of drug-likeness (QED) is 0.623. The standard InChI is InChI=1S/C8H16N4O2/c1-13-4-2-5-14-6-3-12-7-8(9)10-11-12/h7H,2-6,9H2,1H3. The smallest absolute Gasteiger partial charge is 0.165 e. The summed E-state index contributed by atoms with van der Waals surface area (Å²) in [6.45, 7) is 2.73. The number of hydrogen-bond acceptors (Lipinski definition) is 5. The zero-order valence-corrected chi connectivity index (χ0v) is 8.35. The van der Waals surface area contributed by atoms with Crippen molar-refractivity contribution >= 4 is 5.82 Å². The average Bonchev–Trinajstić information content (AvgIpc) is 2.58. The molecule has 1 aromatic heterocycles. The Morgan fingerprint density at radius 2 is 2.29 bits per heavy atom. The van der Waals surface area contributed by atoms with Crippen LogP contribution in [-0.4, -0.2) is 41.9 Å². The van der Waals surface area contributed by atoms with E-state index >= 15 is 0 Å². The first-order chi connectivity index (χ1) is 6.83. The molecule has 0 saturated carbocycles. The van der Waals surface area contributed by atoms with E-state index in [-0.39, 0.29) is 0 Å². The SMILES string of the molecule is COCCCOCCn1cc(N)nn1. The van der Waals surface area contributed by atoms with Crippen LogP contribution in [0.25, 0.3) is 0 Å². The Kier molecular flexibility index (Phi) is 4.95. The molecule has 0 aliphatic rings. The van der Waals surface area contributed by atoms with Gasteiger partial charge in [-0.15, -0.1) is 5.10 Å². The summed E-state index contributed by atoms with van der Waals surface area (Å²) in [5, 5.41) is 7.45. The van der Waals surface area contributed by atoms with E-state index in [4.69, 9.17) is 15.2 Å². The van der Waals surface area contributed by atoms with E-state index in [1.54, 1.807) is 18.0 Å². The van der Waals surface area contributed by atoms with Gasteiger partial charge in [0.1, 0.15) is 0 Å². The molecule has 1 aromatic rings. The predicted molar refractivity (Wildman–Crippen MR) is 51.7 cm³/mol. The summed E-state index contributed by atoms with van der Waals surface area (Å²) in [6, 6.07) is 0. The number of hydrogen-bond donors (Lipinski definition) is 1. The Balaban J connectivity index is 1.99. The van der Waals surface area contributed by atoms with Crippen LogP contribution in [0.15, 0.2) is 6.20 Å². The third kappa shape index (κ3) is 4.20. The summed E-state index contributed by atoms with van der Waals surface area (Å²) >= 11 is 0. The van der Waals surface area contributed by atoms with Gasteiger partial charge in [-0.1, -0.05) is 5.21 Å². The van der Waals surface area contributed by atoms with Crippen molar-refractivity contribution < 1.29 is 9.47 Å². The molecule has 0 spiro atoms. The fourth-order valence-corrected chi connectivity index (χ4v) is 0.988. The molecular formula is C8H16N4O2. The van der Waals surface area contributed by atoms with E-state index in [0.717, 1.165) is 13.0 Å². The molecular weight excluding hydrogens is 184 g/mol. The van der Waals surface area contributed by atoms with Crippen LogP contribution in [0.4, 0.5) is 5.82 Å². The average molecular weight is 200 g/mol. The second-order valence-electron chi connectivity index (χ2n) is 2.87. The van der Waals surface area contributed by atoms with Crippen LogP contribution >= 0.6 is 0 Å². The van der Waals surface area contributed by atoms with Gasteiger partial charge >= 0.3 is 0 Å². The first-order valence-electron chi connectivity index (χ1n) is 4.55. The van der Waals surface area contributed by atoms with Crippen molar-refractivity contribution in [3.05, 3.63) is 6.20 Å². The molecule has 0 fully saturated rings. The maximum absolute atomic E-state index is 5.40. The number of ether oxygens (including phenoxy) is 2. The van der Waals surface area contributed by atoms with Gasteiger partial charge in [0.25, 0.3) is 0 Å². The highest BCUT2D eigenvalue weighted by atomic mass is 16.5. The van der Waals surface area contributed by atoms with Crippen molar-refractivity contribution in [2.45, 2.75) is 13.0 Å². The zero-order chi connectivity index (χ0) is 10.2. The third-order valence-corrected chi connectivity index (χ3v) is 1.66. The minimum Gasteiger partial charge on any atom is -0.385 e. The minimum absolute atomic E-state index is 0.435. The van der Waals surface area contributed by atoms with Crippen molar-refractivity contribution in [2.75, 3.05) is 32.7 Å². The van der Waals surface area contributed by atoms with Crippen molar-refractivity contribution in [1.82, 2.24) is 15.0 Å². The van der Waals surface area contributed by atoms with Gasteiger partial charge < -0.3 is 15.2 Å². The number of anilines is 1. The van der Waals surface area contributed by atoms with Crippen LogP contribution in [0.1, 0.15) is 6.42 Å². The van der Waals surface area contributed by atoms with Gasteiger partial charge in [0.15, 0.2) is 5.82 Å². The predicted octanol–water partition coefficient (Wildman–Crippen LogP) is -0.0866. The first kappa shape index (κ1) is 10.9. The third-order valence-electron chi connectivity index (χ3n) is 1.66. The topological polar surface area (TPSA) is 75.2 Å². The van der Waals surface area contributed by atoms with Crippen LogP contribution in [0.5, 0.6) is 0 Å². The summed E-state index contributed by atoms with van der Waals surface area (Å²) in [5.74, 6) is 0.435. The Hall–Kier alpha value is -1.14. The maximum Gasteiger partial charge on any atom is 0.165 e. The van der Waals surface area contributed by atoms with Gasteiger partial charge in [-0.3, -0.25) is 0 Å². The van der Waals surface area contributed by atoms with Crippen LogP contribution in [-0.2, 0) is 16.0 Å². The lowest BCUT2D eigenvalue weighted by Gasteiger charge is -2.02. The van der Waals surface area contributed by atoms with E-state index < -0.39 is 0 Å². The zero-order valence-electron chi connectivity index (χ0n) is 8.35. The number of nitrogen functional groups attached to an aromatic ring is 1. The lowest BCUT2D eigenvalue weighted by Crippen LogP contribution is -2.08. The van der Waals surface area contributed by atoms with Gasteiger partial charge in [-0.05, 0) is 6.42 Å². The fourth-order valence-electron chi connectivity index (χ4n) is 0.988. The van der Waals surface area contributed by atoms with Crippen molar-refractivity contribution in [3.63, 3.8) is 0 Å². The highest BCUT2D eigenvalue weighted by Gasteiger charge is 1.95. The molecule has 1 rings (SSSR count). The van der Waals surface area contributed by atoms with Crippen LogP contribution < -0.4 is 5.73 Å². The number of nitrogens with zero attached hydrogens (tertiary/aromatic N) is 3. The van der Waals surface area contributed by atoms with Gasteiger partial charge in [0.2, 0.25) is 0 Å². The van der Waals surface area contributed by atoms with Crippen molar-refractivity contribution in [1.29, 1.82) is 0 Å². The molecule has 0 aliphatic carbocycles. The molecule has 0 aromatic carbocycles. The van der Waals surface area contributed by atoms with Crippen LogP contribution in [0.2, 0.25) is 0 Å². The summed E-state index contributed by atoms with van der Waals surface area (Å²) in [6.07, 6.45) is 2.59. The molecule has 0 bridgehead atoms. The monoisotopic (exact) mass is 200 g/mol. The molecule has 0 aliphatic heterocycles. The molecule has 6 heteroatoms. The van der Waals surface area contributed by atoms with E-state index in [2.05, 4.69) is 10.3 Å². The number of rotatable bonds is 7. The second-order valence-corrected chi connectivity index (χ2v) is 2.87. The first-order valence-corrected chi connectivity index (χ1v) is 4.55. The van der Waals surface area contributed by atoms with E-state index in [9.17, 15) is 0 Å². The van der Waals surface area contributed by atoms with Gasteiger partial charge in [-0.2, -0.15) is 0 Å². The molecule has 0 atom stereocenters. The molecule has 0 unspecified atom stereocenters. The molecule has 14 heavy (non-hydrogen) atoms. The second kappa shape index (κ2) is 6.33. The lowest BCUT2D eigenvalue weighted by molar-refractivity contribution is 0.0958. The molecule has 0 saturated heterocycles. The van der Waals surface area contributed by atoms with Crippen molar-refractivity contribution in [3.8, 4) is 0 Å². The number of aromatic nitrogens is 3. The maximum atomic E-state index is 5.40. The molecule has 1 heterocycles. The van der Waals surface area contributed by atoms with E-state index in [1.807, 2.05) is 0 Å². The summed E-state index contributed by atoms with van der Waals surface area (Å²) in [7, 11) is 1.68. The Bertz CT molecular complexity index is 251. The fraction of sp³-hybridized carbons (Fsp3) is 0.750. The highest BCUT2D eigenvalue weighted by Crippen LogP contribution is 1.92. The Morgan fingerprint density at radius 1 is 1.43 bits per heavy atom. The largest absolute Gasteiger partial charge is 0.385 e. The van der Waals surface area contributed by atoms with Gasteiger partial charge in [0.05, 0.1) is 19.3 Å². The van der Waals surface area contributed by atoms with Crippen LogP contribution in [0, 0.1) is 0 Å². The Labute approximate surface area is 83.0 Å². The minimum atomic E-state index is 0.435. The number of methoxy groups -OCH3 is 1. The van der Waals surface area contributed by atoms with Crippen LogP contribution in [0.3, 0.4) is 0 Å². The van der Waals surface area contributed by atoms with Crippen molar-refractivity contribution in [2.24, 2.45) is 0 Å². The van der Waals surface area contributed by atoms with E-state index in [1.165, 1.54) is 0 Å². The normalized spacial score (nSPS) is 10.6. The molecule has 6 nitrogen and oxygen atoms in total. The summed E-state index contributed by atoms with van der Waals surface area (Å²) in [5.41, 5.74) is 5.40. The lowest BCUT2D eigenvalue weighted by atomic mass is 10.5. The molecule has 80 valence electrons. The van der Waals surface area contributed by atoms with E-state index in [0.29, 0.717) is 25.6 Å². The summed E-state index contributed by atoms with van der Waals surface area (Å²) < 4.78 is 11.9. The molecule has 0 amide bonds. The van der Waals surface area contributed by atoms with Gasteiger partial charge in [0, 0.05) is 20.3 Å². The van der Waals surface area contributed by atoms with Gasteiger partial charge in [-0.25, -0.2) is 4.68 Å². The highest BCUT2D eigenvalue weighted by molar-refractivity contribution is 5.19. The molecule has 2 N–H and O–H groups in total. The molecule has 0 radical (unpaired) electrons. The Morgan fingerprint density at radius 3 is 2.93 bits per heavy atom.